The number of carboxylic acids is 1. The van der Waals surface area contributed by atoms with Gasteiger partial charge in [0.2, 0.25) is 11.8 Å². The van der Waals surface area contributed by atoms with Gasteiger partial charge in [0.15, 0.2) is 0 Å². The number of azide groups is 1. The van der Waals surface area contributed by atoms with E-state index in [1.54, 1.807) is 24.3 Å². The molecule has 0 aliphatic rings. The predicted molar refractivity (Wildman–Crippen MR) is 94.3 cm³/mol. The van der Waals surface area contributed by atoms with E-state index in [0.29, 0.717) is 5.69 Å². The summed E-state index contributed by atoms with van der Waals surface area (Å²) < 4.78 is 0. The van der Waals surface area contributed by atoms with Gasteiger partial charge in [-0.1, -0.05) is 17.2 Å². The summed E-state index contributed by atoms with van der Waals surface area (Å²) in [5.74, 6) is 3.03. The van der Waals surface area contributed by atoms with Gasteiger partial charge in [-0.2, -0.15) is 5.10 Å². The summed E-state index contributed by atoms with van der Waals surface area (Å²) in [4.78, 5) is 36.9. The number of hydrazone groups is 1. The summed E-state index contributed by atoms with van der Waals surface area (Å²) in [5, 5.41) is 20.5. The Morgan fingerprint density at radius 1 is 1.23 bits per heavy atom. The molecule has 0 heterocycles. The van der Waals surface area contributed by atoms with Crippen LogP contribution in [0.2, 0.25) is 0 Å². The first-order chi connectivity index (χ1) is 12.4. The second-order valence-corrected chi connectivity index (χ2v) is 5.22. The first-order valence-corrected chi connectivity index (χ1v) is 7.59. The number of benzene rings is 1. The number of rotatable bonds is 10. The van der Waals surface area contributed by atoms with Crippen LogP contribution in [0.25, 0.3) is 10.4 Å². The molecule has 0 unspecified atom stereocenters. The zero-order valence-corrected chi connectivity index (χ0v) is 13.8. The van der Waals surface area contributed by atoms with Gasteiger partial charge < -0.3 is 21.6 Å². The quantitative estimate of drug-likeness (QED) is 0.121. The molecule has 138 valence electrons. The van der Waals surface area contributed by atoms with Crippen LogP contribution in [0.15, 0.2) is 34.5 Å². The van der Waals surface area contributed by atoms with Crippen LogP contribution in [0.5, 0.6) is 0 Å². The highest BCUT2D eigenvalue weighted by Crippen LogP contribution is 2.09. The third kappa shape index (κ3) is 8.31. The Bertz CT molecular complexity index is 707. The fourth-order valence-corrected chi connectivity index (χ4v) is 2.00. The molecule has 0 bridgehead atoms. The number of aliphatic carboxylic acids is 1. The second kappa shape index (κ2) is 11.0. The molecule has 0 radical (unpaired) electrons. The van der Waals surface area contributed by atoms with E-state index in [1.165, 1.54) is 6.21 Å². The lowest BCUT2D eigenvalue weighted by Crippen LogP contribution is -2.38. The molecule has 0 aromatic heterocycles. The van der Waals surface area contributed by atoms with Crippen molar-refractivity contribution in [3.8, 4) is 0 Å². The molecule has 1 atom stereocenters. The number of nitrogens with two attached hydrogens (primary N) is 1. The molecule has 1 rings (SSSR count). The van der Waals surface area contributed by atoms with Crippen molar-refractivity contribution in [3.05, 3.63) is 40.3 Å². The van der Waals surface area contributed by atoms with Gasteiger partial charge in [-0.3, -0.25) is 14.4 Å². The number of nitrogens with one attached hydrogen (secondary N) is 2. The topological polar surface area (TPSA) is 183 Å². The van der Waals surface area contributed by atoms with Crippen molar-refractivity contribution in [2.45, 2.75) is 25.3 Å². The molecule has 11 nitrogen and oxygen atoms in total. The smallest absolute Gasteiger partial charge is 0.305 e. The second-order valence-electron chi connectivity index (χ2n) is 5.22. The first kappa shape index (κ1) is 20.5. The van der Waals surface area contributed by atoms with Crippen LogP contribution in [0, 0.1) is 0 Å². The average Bonchev–Trinajstić information content (AvgIpc) is 2.59. The van der Waals surface area contributed by atoms with E-state index in [4.69, 9.17) is 16.5 Å². The summed E-state index contributed by atoms with van der Waals surface area (Å²) in [6.45, 7) is -0.181. The van der Waals surface area contributed by atoms with Crippen molar-refractivity contribution in [2.75, 3.05) is 11.9 Å². The molecule has 0 spiro atoms. The van der Waals surface area contributed by atoms with Gasteiger partial charge in [0, 0.05) is 36.0 Å². The fraction of sp³-hybridized carbons (Fsp3) is 0.333. The van der Waals surface area contributed by atoms with Gasteiger partial charge in [0.1, 0.15) is 0 Å². The van der Waals surface area contributed by atoms with E-state index in [-0.39, 0.29) is 31.7 Å². The Morgan fingerprint density at radius 2 is 1.88 bits per heavy atom. The highest BCUT2D eigenvalue weighted by atomic mass is 16.4. The molecule has 1 aromatic rings. The van der Waals surface area contributed by atoms with Crippen molar-refractivity contribution in [2.24, 2.45) is 16.1 Å². The normalized spacial score (nSPS) is 11.4. The molecule has 5 N–H and O–H groups in total. The number of amides is 2. The van der Waals surface area contributed by atoms with Gasteiger partial charge in [-0.15, -0.1) is 0 Å². The lowest BCUT2D eigenvalue weighted by Gasteiger charge is -2.14. The Morgan fingerprint density at radius 3 is 2.46 bits per heavy atom. The van der Waals surface area contributed by atoms with Gasteiger partial charge in [-0.25, -0.2) is 0 Å². The van der Waals surface area contributed by atoms with Crippen LogP contribution in [-0.2, 0) is 14.4 Å². The highest BCUT2D eigenvalue weighted by Gasteiger charge is 2.16. The molecule has 11 heteroatoms. The third-order valence-corrected chi connectivity index (χ3v) is 3.15. The van der Waals surface area contributed by atoms with E-state index in [0.717, 1.165) is 5.56 Å². The Hall–Kier alpha value is -3.59. The van der Waals surface area contributed by atoms with Crippen LogP contribution >= 0.6 is 0 Å². The lowest BCUT2D eigenvalue weighted by atomic mass is 10.2. The lowest BCUT2D eigenvalue weighted by molar-refractivity contribution is -0.137. The van der Waals surface area contributed by atoms with E-state index in [2.05, 4.69) is 25.8 Å². The van der Waals surface area contributed by atoms with Crippen molar-refractivity contribution >= 4 is 29.7 Å². The molecule has 26 heavy (non-hydrogen) atoms. The first-order valence-electron chi connectivity index (χ1n) is 7.59. The molecule has 0 fully saturated rings. The van der Waals surface area contributed by atoms with Crippen LogP contribution in [-0.4, -0.2) is 41.7 Å². The summed E-state index contributed by atoms with van der Waals surface area (Å²) in [5.41, 5.74) is 9.60. The minimum atomic E-state index is -1.13. The predicted octanol–water partition coefficient (Wildman–Crippen LogP) is 0.968. The maximum absolute atomic E-state index is 11.9. The van der Waals surface area contributed by atoms with Crippen LogP contribution in [0.4, 0.5) is 5.69 Å². The molecule has 0 aliphatic carbocycles. The standard InChI is InChI=1S/C15H19N7O4/c16-18-8-10-1-3-11(4-2-10)20-13(23)5-6-14(24)21-12(7-15(25)26)9-19-22-17/h1-4,8,12H,5-7,9,16H2,(H,20,23)(H,21,24)(H,25,26)/t12-/m1/s1. The number of nitrogens with zero attached hydrogens (tertiary/aromatic N) is 4. The molecule has 0 saturated heterocycles. The SMILES string of the molecule is [N-]=[N+]=NC[C@@H](CC(=O)O)NC(=O)CCC(=O)Nc1ccc(C=NN)cc1. The molecule has 0 saturated carbocycles. The van der Waals surface area contributed by atoms with Gasteiger partial charge in [-0.05, 0) is 23.2 Å². The van der Waals surface area contributed by atoms with Gasteiger partial charge >= 0.3 is 5.97 Å². The van der Waals surface area contributed by atoms with E-state index < -0.39 is 17.9 Å². The molecular weight excluding hydrogens is 342 g/mol. The van der Waals surface area contributed by atoms with Gasteiger partial charge in [0.25, 0.3) is 0 Å². The van der Waals surface area contributed by atoms with Crippen molar-refractivity contribution in [3.63, 3.8) is 0 Å². The van der Waals surface area contributed by atoms with Crippen molar-refractivity contribution in [1.29, 1.82) is 0 Å². The van der Waals surface area contributed by atoms with Crippen LogP contribution < -0.4 is 16.5 Å². The zero-order valence-electron chi connectivity index (χ0n) is 13.8. The largest absolute Gasteiger partial charge is 0.481 e. The fourth-order valence-electron chi connectivity index (χ4n) is 2.00. The average molecular weight is 361 g/mol. The van der Waals surface area contributed by atoms with E-state index in [1.807, 2.05) is 0 Å². The molecule has 0 aliphatic heterocycles. The van der Waals surface area contributed by atoms with E-state index >= 15 is 0 Å². The maximum Gasteiger partial charge on any atom is 0.305 e. The summed E-state index contributed by atoms with van der Waals surface area (Å²) >= 11 is 0. The number of carbonyl (C=O) groups excluding carboxylic acids is 2. The summed E-state index contributed by atoms with van der Waals surface area (Å²) in [6, 6.07) is 5.93. The number of hydrogen-bond acceptors (Lipinski definition) is 6. The minimum Gasteiger partial charge on any atom is -0.481 e. The minimum absolute atomic E-state index is 0.0842. The summed E-state index contributed by atoms with van der Waals surface area (Å²) in [6.07, 6.45) is 0.866. The summed E-state index contributed by atoms with van der Waals surface area (Å²) in [7, 11) is 0. The zero-order chi connectivity index (χ0) is 19.4. The number of anilines is 1. The van der Waals surface area contributed by atoms with Crippen LogP contribution in [0.3, 0.4) is 0 Å². The molecular formula is C15H19N7O4. The Balaban J connectivity index is 2.45. The third-order valence-electron chi connectivity index (χ3n) is 3.15. The highest BCUT2D eigenvalue weighted by molar-refractivity contribution is 5.93. The van der Waals surface area contributed by atoms with Crippen molar-refractivity contribution in [1.82, 2.24) is 5.32 Å². The van der Waals surface area contributed by atoms with Crippen LogP contribution in [0.1, 0.15) is 24.8 Å². The molecule has 1 aromatic carbocycles. The van der Waals surface area contributed by atoms with E-state index in [9.17, 15) is 14.4 Å². The number of hydrogen-bond donors (Lipinski definition) is 4. The molecule has 2 amide bonds. The van der Waals surface area contributed by atoms with Gasteiger partial charge in [0.05, 0.1) is 12.6 Å². The monoisotopic (exact) mass is 361 g/mol. The Labute approximate surface area is 148 Å². The Kier molecular flexibility index (Phi) is 8.69. The number of carbonyl (C=O) groups is 3. The van der Waals surface area contributed by atoms with Crippen molar-refractivity contribution < 1.29 is 19.5 Å². The number of carboxylic acid groups (broad SMARTS) is 1. The maximum atomic E-state index is 11.9.